The number of benzene rings is 7. The summed E-state index contributed by atoms with van der Waals surface area (Å²) in [6.07, 6.45) is 0. The fourth-order valence-electron chi connectivity index (χ4n) is 9.89. The Morgan fingerprint density at radius 1 is 0.328 bits per heavy atom. The van der Waals surface area contributed by atoms with Crippen molar-refractivity contribution in [2.75, 3.05) is 4.90 Å². The molecule has 0 amide bonds. The Kier molecular flexibility index (Phi) is 7.81. The standard InChI is InChI=1S/C54H47N7/c1-51(2)39-20-13-12-18-38(39)45-35(19-14-21-40(45)51)33-24-26-34(27-25-33)37-29-31-44(50-47(37)57-54(7,8)60-50)61(42-23-15-22-41-48(42)58-52(3,4)55-41)43-30-28-36(32-16-10-9-11-17-32)46-49(43)59-53(5,6)56-46/h9-31H,1-8H3. The second-order valence-electron chi connectivity index (χ2n) is 18.6. The monoisotopic (exact) mass is 793 g/mol. The molecule has 7 aromatic rings. The predicted octanol–water partition coefficient (Wildman–Crippen LogP) is 9.43. The highest BCUT2D eigenvalue weighted by Gasteiger charge is 2.37. The molecule has 7 heteroatoms. The lowest BCUT2D eigenvalue weighted by Gasteiger charge is -2.26. The van der Waals surface area contributed by atoms with Crippen LogP contribution in [0.4, 0.5) is 17.1 Å². The molecule has 4 aliphatic rings. The van der Waals surface area contributed by atoms with Crippen molar-refractivity contribution >= 4 is 17.1 Å². The van der Waals surface area contributed by atoms with Crippen LogP contribution in [-0.2, 0) is 5.41 Å². The molecular formula is C54H47N7. The van der Waals surface area contributed by atoms with E-state index in [-0.39, 0.29) is 5.41 Å². The van der Waals surface area contributed by atoms with Gasteiger partial charge in [-0.05, 0) is 122 Å². The molecule has 0 radical (unpaired) electrons. The summed E-state index contributed by atoms with van der Waals surface area (Å²) in [5.41, 5.74) is 12.8. The van der Waals surface area contributed by atoms with Gasteiger partial charge in [-0.1, -0.05) is 117 Å². The molecule has 0 aromatic heterocycles. The molecule has 0 unspecified atom stereocenters. The van der Waals surface area contributed by atoms with E-state index in [4.69, 9.17) is 30.0 Å². The van der Waals surface area contributed by atoms with Crippen LogP contribution >= 0.6 is 0 Å². The molecule has 0 fully saturated rings. The highest BCUT2D eigenvalue weighted by Crippen LogP contribution is 2.52. The third kappa shape index (κ3) is 5.85. The molecular weight excluding hydrogens is 747 g/mol. The Labute approximate surface area is 355 Å². The first kappa shape index (κ1) is 37.2. The first-order valence-electron chi connectivity index (χ1n) is 21.2. The van der Waals surface area contributed by atoms with Gasteiger partial charge in [0.1, 0.15) is 33.1 Å². The summed E-state index contributed by atoms with van der Waals surface area (Å²) in [5, 5.41) is 5.10. The van der Waals surface area contributed by atoms with Gasteiger partial charge in [0.2, 0.25) is 0 Å². The van der Waals surface area contributed by atoms with Crippen molar-refractivity contribution in [3.63, 3.8) is 0 Å². The summed E-state index contributed by atoms with van der Waals surface area (Å²) in [6, 6.07) is 50.0. The summed E-state index contributed by atoms with van der Waals surface area (Å²) < 4.78 is 0. The lowest BCUT2D eigenvalue weighted by molar-refractivity contribution is 0.549. The molecule has 61 heavy (non-hydrogen) atoms. The van der Waals surface area contributed by atoms with Crippen molar-refractivity contribution in [3.05, 3.63) is 183 Å². The van der Waals surface area contributed by atoms with Crippen molar-refractivity contribution in [1.29, 1.82) is 0 Å². The molecule has 0 spiro atoms. The number of nitrogens with zero attached hydrogens (tertiary/aromatic N) is 7. The van der Waals surface area contributed by atoms with Gasteiger partial charge in [-0.15, -0.1) is 0 Å². The van der Waals surface area contributed by atoms with Gasteiger partial charge in [0, 0.05) is 16.5 Å². The average molecular weight is 794 g/mol. The quantitative estimate of drug-likeness (QED) is 0.165. The van der Waals surface area contributed by atoms with Crippen LogP contribution < -0.4 is 37.0 Å². The maximum atomic E-state index is 5.37. The van der Waals surface area contributed by atoms with Gasteiger partial charge in [-0.3, -0.25) is 30.0 Å². The van der Waals surface area contributed by atoms with Gasteiger partial charge in [0.15, 0.2) is 0 Å². The predicted molar refractivity (Wildman–Crippen MR) is 244 cm³/mol. The van der Waals surface area contributed by atoms with E-state index in [0.29, 0.717) is 0 Å². The first-order chi connectivity index (χ1) is 29.2. The van der Waals surface area contributed by atoms with Gasteiger partial charge in [0.25, 0.3) is 0 Å². The SMILES string of the molecule is CC1(C)N=c2cccc(N(c3ccc(-c4ccccc4)c4c3=NC(C)(C)N=4)c3ccc(-c4ccc(-c5cccc6c5-c5ccccc5C6(C)C)cc4)c4c3=NC(C)(C)N=4)c2=N1. The molecule has 1 aliphatic carbocycles. The molecule has 7 aromatic carbocycles. The first-order valence-corrected chi connectivity index (χ1v) is 21.2. The Balaban J connectivity index is 1.11. The molecule has 3 heterocycles. The van der Waals surface area contributed by atoms with E-state index < -0.39 is 17.0 Å². The molecule has 298 valence electrons. The molecule has 0 N–H and O–H groups in total. The molecule has 0 bridgehead atoms. The van der Waals surface area contributed by atoms with Gasteiger partial charge in [-0.2, -0.15) is 0 Å². The van der Waals surface area contributed by atoms with Crippen LogP contribution in [0.2, 0.25) is 0 Å². The zero-order chi connectivity index (χ0) is 42.1. The van der Waals surface area contributed by atoms with Gasteiger partial charge >= 0.3 is 0 Å². The smallest absolute Gasteiger partial charge is 0.146 e. The van der Waals surface area contributed by atoms with Crippen molar-refractivity contribution in [2.45, 2.75) is 77.8 Å². The van der Waals surface area contributed by atoms with Crippen molar-refractivity contribution < 1.29 is 0 Å². The lowest BCUT2D eigenvalue weighted by Crippen LogP contribution is -2.38. The topological polar surface area (TPSA) is 77.4 Å². The van der Waals surface area contributed by atoms with E-state index in [1.165, 1.54) is 33.4 Å². The fraction of sp³-hybridized carbons (Fsp3) is 0.222. The van der Waals surface area contributed by atoms with Crippen molar-refractivity contribution in [2.24, 2.45) is 30.0 Å². The second-order valence-corrected chi connectivity index (χ2v) is 18.6. The summed E-state index contributed by atoms with van der Waals surface area (Å²) in [5.74, 6) is 0. The normalized spacial score (nSPS) is 17.2. The molecule has 0 saturated carbocycles. The lowest BCUT2D eigenvalue weighted by atomic mass is 9.82. The number of fused-ring (bicyclic) bond motifs is 6. The van der Waals surface area contributed by atoms with Gasteiger partial charge in [-0.25, -0.2) is 0 Å². The van der Waals surface area contributed by atoms with Gasteiger partial charge < -0.3 is 4.90 Å². The van der Waals surface area contributed by atoms with E-state index in [1.807, 2.05) is 26.0 Å². The Hall–Kier alpha value is -6.86. The van der Waals surface area contributed by atoms with E-state index in [2.05, 4.69) is 174 Å². The van der Waals surface area contributed by atoms with E-state index in [9.17, 15) is 0 Å². The Morgan fingerprint density at radius 2 is 0.787 bits per heavy atom. The van der Waals surface area contributed by atoms with Crippen LogP contribution in [0.3, 0.4) is 0 Å². The van der Waals surface area contributed by atoms with Crippen LogP contribution in [0.5, 0.6) is 0 Å². The third-order valence-electron chi connectivity index (χ3n) is 12.5. The van der Waals surface area contributed by atoms with Crippen molar-refractivity contribution in [1.82, 2.24) is 0 Å². The van der Waals surface area contributed by atoms with E-state index in [1.54, 1.807) is 0 Å². The second kappa shape index (κ2) is 12.8. The third-order valence-corrected chi connectivity index (χ3v) is 12.5. The van der Waals surface area contributed by atoms with E-state index in [0.717, 1.165) is 71.5 Å². The largest absolute Gasteiger partial charge is 0.304 e. The highest BCUT2D eigenvalue weighted by atomic mass is 15.2. The summed E-state index contributed by atoms with van der Waals surface area (Å²) in [6.45, 7) is 17.0. The minimum absolute atomic E-state index is 0.0577. The van der Waals surface area contributed by atoms with Crippen LogP contribution in [0.15, 0.2) is 169 Å². The summed E-state index contributed by atoms with van der Waals surface area (Å²) in [4.78, 5) is 33.7. The molecule has 11 rings (SSSR count). The minimum atomic E-state index is -0.676. The van der Waals surface area contributed by atoms with Crippen LogP contribution in [0.25, 0.3) is 44.5 Å². The maximum Gasteiger partial charge on any atom is 0.146 e. The molecule has 0 atom stereocenters. The number of hydrogen-bond donors (Lipinski definition) is 0. The van der Waals surface area contributed by atoms with E-state index >= 15 is 0 Å². The Morgan fingerprint density at radius 3 is 1.43 bits per heavy atom. The number of para-hydroxylation sites is 1. The molecule has 3 aliphatic heterocycles. The minimum Gasteiger partial charge on any atom is -0.304 e. The van der Waals surface area contributed by atoms with Gasteiger partial charge in [0.05, 0.1) is 33.1 Å². The van der Waals surface area contributed by atoms with Crippen LogP contribution in [0.1, 0.15) is 66.5 Å². The fourth-order valence-corrected chi connectivity index (χ4v) is 9.89. The highest BCUT2D eigenvalue weighted by molar-refractivity contribution is 5.93. The average Bonchev–Trinajstić information content (AvgIpc) is 3.93. The number of rotatable bonds is 6. The maximum absolute atomic E-state index is 5.37. The summed E-state index contributed by atoms with van der Waals surface area (Å²) >= 11 is 0. The molecule has 7 nitrogen and oxygen atoms in total. The van der Waals surface area contributed by atoms with Crippen LogP contribution in [-0.4, -0.2) is 17.0 Å². The number of hydrogen-bond acceptors (Lipinski definition) is 7. The zero-order valence-electron chi connectivity index (χ0n) is 35.9. The van der Waals surface area contributed by atoms with Crippen molar-refractivity contribution in [3.8, 4) is 44.5 Å². The summed E-state index contributed by atoms with van der Waals surface area (Å²) in [7, 11) is 0. The number of anilines is 3. The van der Waals surface area contributed by atoms with Crippen LogP contribution in [0, 0.1) is 0 Å². The molecule has 0 saturated heterocycles. The Bertz CT molecular complexity index is 3420. The zero-order valence-corrected chi connectivity index (χ0v) is 35.9.